The largest absolute Gasteiger partial charge is 0.361 e. The molecule has 2 N–H and O–H groups in total. The van der Waals surface area contributed by atoms with Crippen molar-refractivity contribution in [2.45, 2.75) is 13.3 Å². The molecule has 4 rings (SSSR count). The number of nitrogens with zero attached hydrogens (tertiary/aromatic N) is 1. The van der Waals surface area contributed by atoms with Crippen LogP contribution in [0.15, 0.2) is 54.7 Å². The lowest BCUT2D eigenvalue weighted by molar-refractivity contribution is 0.0957. The summed E-state index contributed by atoms with van der Waals surface area (Å²) in [5.41, 5.74) is 3.88. The predicted molar refractivity (Wildman–Crippen MR) is 112 cm³/mol. The average Bonchev–Trinajstić information content (AvgIpc) is 3.26. The molecule has 2 aromatic heterocycles. The van der Waals surface area contributed by atoms with Crippen molar-refractivity contribution in [3.63, 3.8) is 0 Å². The molecule has 0 fully saturated rings. The lowest BCUT2D eigenvalue weighted by Gasteiger charge is -2.03. The van der Waals surface area contributed by atoms with Crippen LogP contribution in [0.3, 0.4) is 0 Å². The van der Waals surface area contributed by atoms with Crippen molar-refractivity contribution in [3.8, 4) is 10.6 Å². The molecule has 0 bridgehead atoms. The summed E-state index contributed by atoms with van der Waals surface area (Å²) >= 11 is 7.62. The molecule has 27 heavy (non-hydrogen) atoms. The molecule has 0 aliphatic rings. The average molecular weight is 396 g/mol. The second-order valence-electron chi connectivity index (χ2n) is 6.28. The first-order valence-electron chi connectivity index (χ1n) is 8.69. The Morgan fingerprint density at radius 1 is 1.19 bits per heavy atom. The number of thiazole rings is 1. The van der Waals surface area contributed by atoms with E-state index in [-0.39, 0.29) is 5.91 Å². The van der Waals surface area contributed by atoms with Crippen LogP contribution in [0.2, 0.25) is 5.02 Å². The molecule has 4 aromatic rings. The van der Waals surface area contributed by atoms with Gasteiger partial charge in [0.15, 0.2) is 0 Å². The Kier molecular flexibility index (Phi) is 4.97. The molecule has 0 atom stereocenters. The van der Waals surface area contributed by atoms with Gasteiger partial charge < -0.3 is 10.3 Å². The van der Waals surface area contributed by atoms with E-state index < -0.39 is 0 Å². The first kappa shape index (κ1) is 17.8. The van der Waals surface area contributed by atoms with Gasteiger partial charge in [0.25, 0.3) is 5.91 Å². The van der Waals surface area contributed by atoms with Crippen LogP contribution in [0.25, 0.3) is 21.5 Å². The van der Waals surface area contributed by atoms with E-state index in [4.69, 9.17) is 11.6 Å². The van der Waals surface area contributed by atoms with Crippen molar-refractivity contribution in [1.82, 2.24) is 15.3 Å². The van der Waals surface area contributed by atoms with Gasteiger partial charge in [-0.05, 0) is 31.0 Å². The number of rotatable bonds is 5. The first-order chi connectivity index (χ1) is 13.1. The molecular formula is C21H18ClN3OS. The number of aryl methyl sites for hydroxylation is 1. The molecule has 2 aromatic carbocycles. The number of aromatic amines is 1. The first-order valence-corrected chi connectivity index (χ1v) is 9.88. The fourth-order valence-corrected chi connectivity index (χ4v) is 4.39. The van der Waals surface area contributed by atoms with E-state index in [0.29, 0.717) is 16.4 Å². The van der Waals surface area contributed by atoms with Gasteiger partial charge in [-0.1, -0.05) is 48.0 Å². The highest BCUT2D eigenvalue weighted by Gasteiger charge is 2.17. The molecule has 6 heteroatoms. The second-order valence-corrected chi connectivity index (χ2v) is 7.69. The Balaban J connectivity index is 1.45. The molecule has 1 amide bonds. The number of amides is 1. The third-order valence-electron chi connectivity index (χ3n) is 4.46. The Morgan fingerprint density at radius 3 is 2.81 bits per heavy atom. The minimum Gasteiger partial charge on any atom is -0.361 e. The van der Waals surface area contributed by atoms with Gasteiger partial charge in [-0.25, -0.2) is 4.98 Å². The van der Waals surface area contributed by atoms with Gasteiger partial charge in [-0.3, -0.25) is 4.79 Å². The van der Waals surface area contributed by atoms with Crippen LogP contribution in [0.4, 0.5) is 0 Å². The van der Waals surface area contributed by atoms with Crippen LogP contribution in [0.5, 0.6) is 0 Å². The molecule has 0 spiro atoms. The van der Waals surface area contributed by atoms with E-state index >= 15 is 0 Å². The summed E-state index contributed by atoms with van der Waals surface area (Å²) in [6.07, 6.45) is 2.77. The van der Waals surface area contributed by atoms with Crippen LogP contribution >= 0.6 is 22.9 Å². The number of benzene rings is 2. The minimum atomic E-state index is -0.0943. The Hall–Kier alpha value is -2.63. The minimum absolute atomic E-state index is 0.0943. The van der Waals surface area contributed by atoms with E-state index in [9.17, 15) is 4.79 Å². The number of aromatic nitrogens is 2. The van der Waals surface area contributed by atoms with Crippen LogP contribution in [-0.4, -0.2) is 22.4 Å². The number of carbonyl (C=O) groups is 1. The van der Waals surface area contributed by atoms with Crippen molar-refractivity contribution >= 4 is 39.7 Å². The molecule has 0 radical (unpaired) electrons. The van der Waals surface area contributed by atoms with Crippen LogP contribution in [0, 0.1) is 6.92 Å². The molecule has 0 unspecified atom stereocenters. The van der Waals surface area contributed by atoms with Crippen molar-refractivity contribution in [1.29, 1.82) is 0 Å². The van der Waals surface area contributed by atoms with Crippen LogP contribution in [-0.2, 0) is 6.42 Å². The third kappa shape index (κ3) is 3.61. The highest BCUT2D eigenvalue weighted by atomic mass is 35.5. The second kappa shape index (κ2) is 7.55. The van der Waals surface area contributed by atoms with Gasteiger partial charge in [0.05, 0.1) is 10.7 Å². The molecule has 0 saturated heterocycles. The van der Waals surface area contributed by atoms with E-state index in [0.717, 1.165) is 28.2 Å². The number of halogens is 1. The van der Waals surface area contributed by atoms with E-state index in [1.54, 1.807) is 0 Å². The normalized spacial score (nSPS) is 11.0. The summed E-state index contributed by atoms with van der Waals surface area (Å²) in [5, 5.41) is 5.60. The zero-order valence-electron chi connectivity index (χ0n) is 14.8. The smallest absolute Gasteiger partial charge is 0.263 e. The van der Waals surface area contributed by atoms with Gasteiger partial charge in [-0.15, -0.1) is 11.3 Å². The Labute approximate surface area is 166 Å². The summed E-state index contributed by atoms with van der Waals surface area (Å²) < 4.78 is 0. The maximum absolute atomic E-state index is 12.6. The number of para-hydroxylation sites is 1. The Morgan fingerprint density at radius 2 is 1.96 bits per heavy atom. The predicted octanol–water partition coefficient (Wildman–Crippen LogP) is 5.23. The summed E-state index contributed by atoms with van der Waals surface area (Å²) in [6.45, 7) is 2.42. The van der Waals surface area contributed by atoms with Gasteiger partial charge in [0, 0.05) is 29.2 Å². The lowest BCUT2D eigenvalue weighted by Crippen LogP contribution is -2.25. The lowest BCUT2D eigenvalue weighted by atomic mass is 10.1. The fraction of sp³-hybridized carbons (Fsp3) is 0.143. The molecule has 4 nitrogen and oxygen atoms in total. The quantitative estimate of drug-likeness (QED) is 0.486. The summed E-state index contributed by atoms with van der Waals surface area (Å²) in [7, 11) is 0. The van der Waals surface area contributed by atoms with E-state index in [2.05, 4.69) is 21.4 Å². The number of hydrogen-bond acceptors (Lipinski definition) is 3. The van der Waals surface area contributed by atoms with Gasteiger partial charge in [0.1, 0.15) is 9.88 Å². The zero-order valence-corrected chi connectivity index (χ0v) is 16.3. The molecule has 136 valence electrons. The molecule has 0 aliphatic carbocycles. The standard InChI is InChI=1S/C21H18ClN3OS/c1-13-19(27-21(25-13)16-7-2-4-8-17(16)22)20(26)23-11-10-14-12-24-18-9-5-3-6-15(14)18/h2-9,12,24H,10-11H2,1H3,(H,23,26). The van der Waals surface area contributed by atoms with Gasteiger partial charge in [-0.2, -0.15) is 0 Å². The van der Waals surface area contributed by atoms with Crippen molar-refractivity contribution < 1.29 is 4.79 Å². The van der Waals surface area contributed by atoms with Gasteiger partial charge >= 0.3 is 0 Å². The van der Waals surface area contributed by atoms with Crippen molar-refractivity contribution in [2.24, 2.45) is 0 Å². The third-order valence-corrected chi connectivity index (χ3v) is 5.98. The van der Waals surface area contributed by atoms with Crippen molar-refractivity contribution in [3.05, 3.63) is 75.9 Å². The van der Waals surface area contributed by atoms with Crippen LogP contribution in [0.1, 0.15) is 20.9 Å². The maximum atomic E-state index is 12.6. The topological polar surface area (TPSA) is 57.8 Å². The van der Waals surface area contributed by atoms with Crippen molar-refractivity contribution in [2.75, 3.05) is 6.54 Å². The highest BCUT2D eigenvalue weighted by molar-refractivity contribution is 7.17. The summed E-state index contributed by atoms with van der Waals surface area (Å²) in [5.74, 6) is -0.0943. The van der Waals surface area contributed by atoms with Crippen LogP contribution < -0.4 is 5.32 Å². The molecule has 2 heterocycles. The SMILES string of the molecule is Cc1nc(-c2ccccc2Cl)sc1C(=O)NCCc1c[nH]c2ccccc12. The number of carbonyl (C=O) groups excluding carboxylic acids is 1. The number of nitrogens with one attached hydrogen (secondary N) is 2. The fourth-order valence-electron chi connectivity index (χ4n) is 3.09. The number of H-pyrrole nitrogens is 1. The monoisotopic (exact) mass is 395 g/mol. The summed E-state index contributed by atoms with van der Waals surface area (Å²) in [6, 6.07) is 15.7. The number of fused-ring (bicyclic) bond motifs is 1. The van der Waals surface area contributed by atoms with E-state index in [1.165, 1.54) is 22.3 Å². The number of hydrogen-bond donors (Lipinski definition) is 2. The van der Waals surface area contributed by atoms with Gasteiger partial charge in [0.2, 0.25) is 0 Å². The van der Waals surface area contributed by atoms with E-state index in [1.807, 2.05) is 55.6 Å². The molecule has 0 saturated carbocycles. The summed E-state index contributed by atoms with van der Waals surface area (Å²) in [4.78, 5) is 21.0. The maximum Gasteiger partial charge on any atom is 0.263 e. The zero-order chi connectivity index (χ0) is 18.8. The highest BCUT2D eigenvalue weighted by Crippen LogP contribution is 2.32. The molecular weight excluding hydrogens is 378 g/mol. The molecule has 0 aliphatic heterocycles. The Bertz CT molecular complexity index is 1120.